The molecule has 1 aromatic heterocycles. The number of imidazole rings is 1. The number of carboxylic acids is 1. The maximum atomic E-state index is 15.5. The third kappa shape index (κ3) is 7.57. The molecule has 41 heavy (non-hydrogen) atoms. The van der Waals surface area contributed by atoms with E-state index in [1.54, 1.807) is 30.3 Å². The van der Waals surface area contributed by atoms with Crippen LogP contribution in [0.1, 0.15) is 52.8 Å². The maximum Gasteiger partial charge on any atom is 0.336 e. The Labute approximate surface area is 250 Å². The Morgan fingerprint density at radius 2 is 1.83 bits per heavy atom. The summed E-state index contributed by atoms with van der Waals surface area (Å²) >= 11 is 11.0. The van der Waals surface area contributed by atoms with Crippen LogP contribution in [0.3, 0.4) is 0 Å². The number of aromatic carboxylic acids is 1. The van der Waals surface area contributed by atoms with Crippen LogP contribution in [0, 0.1) is 11.7 Å². The zero-order chi connectivity index (χ0) is 29.4. The van der Waals surface area contributed by atoms with Crippen molar-refractivity contribution in [2.75, 3.05) is 5.75 Å². The summed E-state index contributed by atoms with van der Waals surface area (Å²) in [7, 11) is 0. The molecule has 6 nitrogen and oxygen atoms in total. The molecule has 0 aliphatic rings. The second kappa shape index (κ2) is 14.3. The van der Waals surface area contributed by atoms with E-state index in [0.717, 1.165) is 24.2 Å². The fourth-order valence-electron chi connectivity index (χ4n) is 4.77. The molecule has 4 rings (SSSR count). The quantitative estimate of drug-likeness (QED) is 0.148. The predicted octanol–water partition coefficient (Wildman–Crippen LogP) is 6.84. The molecule has 0 fully saturated rings. The fourth-order valence-corrected chi connectivity index (χ4v) is 5.34. The summed E-state index contributed by atoms with van der Waals surface area (Å²) in [5.41, 5.74) is 3.08. The molecule has 1 atom stereocenters. The number of carbonyl (C=O) groups excluding carboxylic acids is 1. The van der Waals surface area contributed by atoms with Crippen molar-refractivity contribution in [1.29, 1.82) is 0 Å². The first-order valence-electron chi connectivity index (χ1n) is 13.6. The Morgan fingerprint density at radius 3 is 2.51 bits per heavy atom. The lowest BCUT2D eigenvalue weighted by Gasteiger charge is -2.17. The van der Waals surface area contributed by atoms with Gasteiger partial charge in [0.25, 0.3) is 0 Å². The number of rotatable bonds is 13. The van der Waals surface area contributed by atoms with Crippen molar-refractivity contribution >= 4 is 36.1 Å². The van der Waals surface area contributed by atoms with Crippen LogP contribution >= 0.6 is 24.2 Å². The lowest BCUT2D eigenvalue weighted by molar-refractivity contribution is -0.124. The van der Waals surface area contributed by atoms with Gasteiger partial charge in [-0.15, -0.1) is 0 Å². The number of aryl methyl sites for hydroxylation is 1. The van der Waals surface area contributed by atoms with Crippen molar-refractivity contribution < 1.29 is 19.1 Å². The van der Waals surface area contributed by atoms with E-state index in [4.69, 9.17) is 11.6 Å². The molecule has 3 aromatic carbocycles. The molecule has 0 saturated carbocycles. The van der Waals surface area contributed by atoms with Crippen LogP contribution < -0.4 is 5.32 Å². The molecule has 0 bridgehead atoms. The minimum absolute atomic E-state index is 0.104. The maximum absolute atomic E-state index is 15.5. The van der Waals surface area contributed by atoms with Crippen molar-refractivity contribution in [3.05, 3.63) is 112 Å². The van der Waals surface area contributed by atoms with E-state index in [9.17, 15) is 14.7 Å². The molecule has 0 aliphatic carbocycles. The number of carbonyl (C=O) groups is 2. The molecular formula is C32H33ClFN3O3S. The molecule has 9 heteroatoms. The second-order valence-electron chi connectivity index (χ2n) is 9.90. The standard InChI is InChI=1S/C32H33ClFN3O3S/c1-2-3-13-29-36-30(33)28(18-35-31(38)24(20-41)16-21-9-5-4-6-10-21)37(29)19-23-15-14-22(17-27(23)34)25-11-7-8-12-26(25)32(39)40/h4-12,14-15,17,24,41H,2-3,13,16,18-20H2,1H3,(H,35,38)(H,39,40). The van der Waals surface area contributed by atoms with Gasteiger partial charge < -0.3 is 15.0 Å². The SMILES string of the molecule is CCCCc1nc(Cl)c(CNC(=O)C(CS)Cc2ccccc2)n1Cc1ccc(-c2ccccc2C(=O)O)cc1F. The summed E-state index contributed by atoms with van der Waals surface area (Å²) in [6.07, 6.45) is 3.05. The number of carboxylic acid groups (broad SMARTS) is 1. The molecule has 0 spiro atoms. The number of aromatic nitrogens is 2. The van der Waals surface area contributed by atoms with Crippen molar-refractivity contribution in [1.82, 2.24) is 14.9 Å². The minimum atomic E-state index is -1.07. The lowest BCUT2D eigenvalue weighted by atomic mass is 9.98. The summed E-state index contributed by atoms with van der Waals surface area (Å²) in [5.74, 6) is -0.908. The van der Waals surface area contributed by atoms with Crippen LogP contribution in [0.4, 0.5) is 4.39 Å². The van der Waals surface area contributed by atoms with Crippen molar-refractivity contribution in [3.8, 4) is 11.1 Å². The molecule has 0 aliphatic heterocycles. The van der Waals surface area contributed by atoms with Crippen molar-refractivity contribution in [2.45, 2.75) is 45.7 Å². The van der Waals surface area contributed by atoms with Gasteiger partial charge in [0.15, 0.2) is 5.15 Å². The summed E-state index contributed by atoms with van der Waals surface area (Å²) < 4.78 is 17.3. The Hall–Kier alpha value is -3.62. The van der Waals surface area contributed by atoms with E-state index in [1.165, 1.54) is 12.1 Å². The van der Waals surface area contributed by atoms with Crippen molar-refractivity contribution in [2.24, 2.45) is 5.92 Å². The molecule has 214 valence electrons. The molecule has 0 radical (unpaired) electrons. The normalized spacial score (nSPS) is 11.8. The van der Waals surface area contributed by atoms with Gasteiger partial charge in [-0.3, -0.25) is 4.79 Å². The molecular weight excluding hydrogens is 561 g/mol. The Morgan fingerprint density at radius 1 is 1.10 bits per heavy atom. The van der Waals surface area contributed by atoms with Crippen LogP contribution in [-0.2, 0) is 30.7 Å². The number of unbranched alkanes of at least 4 members (excludes halogenated alkanes) is 1. The van der Waals surface area contributed by atoms with Gasteiger partial charge in [0.2, 0.25) is 5.91 Å². The third-order valence-electron chi connectivity index (χ3n) is 7.05. The van der Waals surface area contributed by atoms with Gasteiger partial charge in [-0.1, -0.05) is 85.6 Å². The number of hydrogen-bond acceptors (Lipinski definition) is 4. The van der Waals surface area contributed by atoms with Crippen LogP contribution in [0.5, 0.6) is 0 Å². The number of nitrogens with zero attached hydrogens (tertiary/aromatic N) is 2. The second-order valence-corrected chi connectivity index (χ2v) is 10.6. The average Bonchev–Trinajstić information content (AvgIpc) is 3.28. The van der Waals surface area contributed by atoms with E-state index in [2.05, 4.69) is 29.9 Å². The van der Waals surface area contributed by atoms with E-state index in [-0.39, 0.29) is 35.6 Å². The summed E-state index contributed by atoms with van der Waals surface area (Å²) in [6.45, 7) is 2.38. The summed E-state index contributed by atoms with van der Waals surface area (Å²) in [5, 5.41) is 12.8. The highest BCUT2D eigenvalue weighted by molar-refractivity contribution is 7.80. The van der Waals surface area contributed by atoms with E-state index in [0.29, 0.717) is 41.0 Å². The van der Waals surface area contributed by atoms with Gasteiger partial charge in [0.1, 0.15) is 11.6 Å². The molecule has 1 unspecified atom stereocenters. The van der Waals surface area contributed by atoms with Crippen LogP contribution in [0.2, 0.25) is 5.15 Å². The van der Waals surface area contributed by atoms with E-state index >= 15 is 4.39 Å². The summed E-state index contributed by atoms with van der Waals surface area (Å²) in [6, 6.07) is 21.0. The number of thiol groups is 1. The van der Waals surface area contributed by atoms with E-state index in [1.807, 2.05) is 34.9 Å². The zero-order valence-electron chi connectivity index (χ0n) is 22.8. The van der Waals surface area contributed by atoms with Gasteiger partial charge in [-0.05, 0) is 41.7 Å². The third-order valence-corrected chi connectivity index (χ3v) is 7.80. The van der Waals surface area contributed by atoms with Gasteiger partial charge in [-0.25, -0.2) is 14.2 Å². The lowest BCUT2D eigenvalue weighted by Crippen LogP contribution is -2.33. The topological polar surface area (TPSA) is 84.2 Å². The number of amides is 1. The first-order valence-corrected chi connectivity index (χ1v) is 14.6. The molecule has 0 saturated heterocycles. The number of hydrogen-bond donors (Lipinski definition) is 3. The first kappa shape index (κ1) is 30.3. The average molecular weight is 594 g/mol. The molecule has 2 N–H and O–H groups in total. The first-order chi connectivity index (χ1) is 19.8. The highest BCUT2D eigenvalue weighted by atomic mass is 35.5. The molecule has 1 heterocycles. The highest BCUT2D eigenvalue weighted by Gasteiger charge is 2.22. The van der Waals surface area contributed by atoms with Gasteiger partial charge in [0.05, 0.1) is 30.3 Å². The molecule has 1 amide bonds. The van der Waals surface area contributed by atoms with Crippen LogP contribution in [-0.4, -0.2) is 32.3 Å². The fraction of sp³-hybridized carbons (Fsp3) is 0.281. The van der Waals surface area contributed by atoms with Gasteiger partial charge >= 0.3 is 5.97 Å². The largest absolute Gasteiger partial charge is 0.478 e. The summed E-state index contributed by atoms with van der Waals surface area (Å²) in [4.78, 5) is 29.3. The Balaban J connectivity index is 1.57. The number of nitrogens with one attached hydrogen (secondary N) is 1. The Bertz CT molecular complexity index is 1510. The Kier molecular flexibility index (Phi) is 10.6. The zero-order valence-corrected chi connectivity index (χ0v) is 24.5. The predicted molar refractivity (Wildman–Crippen MR) is 163 cm³/mol. The van der Waals surface area contributed by atoms with Crippen molar-refractivity contribution in [3.63, 3.8) is 0 Å². The monoisotopic (exact) mass is 593 g/mol. The highest BCUT2D eigenvalue weighted by Crippen LogP contribution is 2.27. The van der Waals surface area contributed by atoms with Gasteiger partial charge in [-0.2, -0.15) is 12.6 Å². The van der Waals surface area contributed by atoms with E-state index < -0.39 is 11.8 Å². The molecule has 4 aromatic rings. The van der Waals surface area contributed by atoms with Gasteiger partial charge in [0, 0.05) is 17.7 Å². The number of halogens is 2. The van der Waals surface area contributed by atoms with Crippen LogP contribution in [0.25, 0.3) is 11.1 Å². The smallest absolute Gasteiger partial charge is 0.336 e. The van der Waals surface area contributed by atoms with Crippen LogP contribution in [0.15, 0.2) is 72.8 Å². The minimum Gasteiger partial charge on any atom is -0.478 e. The number of benzene rings is 3.